The highest BCUT2D eigenvalue weighted by atomic mass is 15.0. The Morgan fingerprint density at radius 1 is 0.824 bits per heavy atom. The molecule has 0 aromatic heterocycles. The highest BCUT2D eigenvalue weighted by Crippen LogP contribution is 2.15. The molecule has 0 saturated heterocycles. The Labute approximate surface area is 108 Å². The van der Waals surface area contributed by atoms with Crippen molar-refractivity contribution < 1.29 is 0 Å². The van der Waals surface area contributed by atoms with E-state index in [-0.39, 0.29) is 0 Å². The third-order valence-corrected chi connectivity index (χ3v) is 2.85. The van der Waals surface area contributed by atoms with Gasteiger partial charge in [0.05, 0.1) is 0 Å². The number of hydrogen-bond donors (Lipinski definition) is 3. The van der Waals surface area contributed by atoms with Gasteiger partial charge in [-0.15, -0.1) is 0 Å². The second kappa shape index (κ2) is 7.34. The van der Waals surface area contributed by atoms with Crippen LogP contribution in [0, 0.1) is 10.8 Å². The summed E-state index contributed by atoms with van der Waals surface area (Å²) in [6.45, 7) is 17.8. The van der Waals surface area contributed by atoms with Crippen LogP contribution in [0.4, 0.5) is 0 Å². The Hall–Kier alpha value is -0.120. The van der Waals surface area contributed by atoms with E-state index in [0.717, 1.165) is 26.2 Å². The van der Waals surface area contributed by atoms with Crippen molar-refractivity contribution >= 4 is 0 Å². The highest BCUT2D eigenvalue weighted by Gasteiger charge is 2.21. The van der Waals surface area contributed by atoms with Gasteiger partial charge >= 0.3 is 0 Å². The second-order valence-corrected chi connectivity index (χ2v) is 7.00. The van der Waals surface area contributed by atoms with E-state index in [9.17, 15) is 0 Å². The van der Waals surface area contributed by atoms with Gasteiger partial charge in [0, 0.05) is 32.2 Å². The maximum atomic E-state index is 3.59. The Kier molecular flexibility index (Phi) is 7.29. The van der Waals surface area contributed by atoms with E-state index in [0.29, 0.717) is 16.9 Å². The van der Waals surface area contributed by atoms with Crippen LogP contribution in [-0.2, 0) is 0 Å². The Balaban J connectivity index is 3.85. The van der Waals surface area contributed by atoms with Crippen LogP contribution >= 0.6 is 0 Å². The predicted octanol–water partition coefficient (Wildman–Crippen LogP) is 1.85. The SMILES string of the molecule is CNCC(C)(C)CNCC(C)(C)CNC(C)C. The topological polar surface area (TPSA) is 36.1 Å². The highest BCUT2D eigenvalue weighted by molar-refractivity contribution is 4.79. The molecular formula is C14H33N3. The van der Waals surface area contributed by atoms with E-state index in [2.05, 4.69) is 57.5 Å². The molecule has 0 aromatic carbocycles. The molecule has 0 aromatic rings. The lowest BCUT2D eigenvalue weighted by Crippen LogP contribution is -2.44. The van der Waals surface area contributed by atoms with Gasteiger partial charge in [0.25, 0.3) is 0 Å². The third kappa shape index (κ3) is 9.57. The Bertz CT molecular complexity index is 198. The summed E-state index contributed by atoms with van der Waals surface area (Å²) in [5.41, 5.74) is 0.621. The molecule has 3 nitrogen and oxygen atoms in total. The van der Waals surface area contributed by atoms with Gasteiger partial charge in [0.1, 0.15) is 0 Å². The lowest BCUT2D eigenvalue weighted by Gasteiger charge is -2.30. The molecule has 0 spiro atoms. The maximum Gasteiger partial charge on any atom is 0.00170 e. The van der Waals surface area contributed by atoms with Gasteiger partial charge in [-0.05, 0) is 17.9 Å². The van der Waals surface area contributed by atoms with Crippen LogP contribution in [0.1, 0.15) is 41.5 Å². The molecule has 0 fully saturated rings. The molecule has 0 bridgehead atoms. The fourth-order valence-corrected chi connectivity index (χ4v) is 1.82. The average Bonchev–Trinajstić information content (AvgIpc) is 2.14. The fourth-order valence-electron chi connectivity index (χ4n) is 1.82. The van der Waals surface area contributed by atoms with E-state index >= 15 is 0 Å². The lowest BCUT2D eigenvalue weighted by molar-refractivity contribution is 0.270. The summed E-state index contributed by atoms with van der Waals surface area (Å²) in [6, 6.07) is 0.565. The molecule has 0 unspecified atom stereocenters. The molecule has 0 aliphatic rings. The van der Waals surface area contributed by atoms with Crippen LogP contribution in [0.25, 0.3) is 0 Å². The van der Waals surface area contributed by atoms with Crippen molar-refractivity contribution in [2.24, 2.45) is 10.8 Å². The molecule has 0 aliphatic carbocycles. The first kappa shape index (κ1) is 16.9. The van der Waals surface area contributed by atoms with Crippen molar-refractivity contribution in [2.45, 2.75) is 47.6 Å². The van der Waals surface area contributed by atoms with Crippen LogP contribution in [0.5, 0.6) is 0 Å². The van der Waals surface area contributed by atoms with Crippen LogP contribution in [-0.4, -0.2) is 39.3 Å². The number of rotatable bonds is 9. The van der Waals surface area contributed by atoms with Crippen molar-refractivity contribution in [3.63, 3.8) is 0 Å². The monoisotopic (exact) mass is 243 g/mol. The summed E-state index contributed by atoms with van der Waals surface area (Å²) in [7, 11) is 2.01. The minimum Gasteiger partial charge on any atom is -0.319 e. The van der Waals surface area contributed by atoms with E-state index in [1.54, 1.807) is 0 Å². The van der Waals surface area contributed by atoms with Crippen molar-refractivity contribution in [1.82, 2.24) is 16.0 Å². The zero-order valence-corrected chi connectivity index (χ0v) is 12.9. The number of nitrogens with one attached hydrogen (secondary N) is 3. The molecule has 0 radical (unpaired) electrons. The summed E-state index contributed by atoms with van der Waals surface area (Å²) >= 11 is 0. The van der Waals surface area contributed by atoms with Crippen molar-refractivity contribution in [2.75, 3.05) is 33.2 Å². The molecule has 0 heterocycles. The van der Waals surface area contributed by atoms with Gasteiger partial charge in [0.15, 0.2) is 0 Å². The normalized spacial score (nSPS) is 13.4. The van der Waals surface area contributed by atoms with Crippen LogP contribution in [0.3, 0.4) is 0 Å². The van der Waals surface area contributed by atoms with Gasteiger partial charge in [-0.2, -0.15) is 0 Å². The average molecular weight is 243 g/mol. The van der Waals surface area contributed by atoms with E-state index in [4.69, 9.17) is 0 Å². The fraction of sp³-hybridized carbons (Fsp3) is 1.00. The van der Waals surface area contributed by atoms with Crippen molar-refractivity contribution in [1.29, 1.82) is 0 Å². The second-order valence-electron chi connectivity index (χ2n) is 7.00. The van der Waals surface area contributed by atoms with Crippen LogP contribution in [0.15, 0.2) is 0 Å². The molecule has 3 N–H and O–H groups in total. The summed E-state index contributed by atoms with van der Waals surface area (Å²) in [5, 5.41) is 10.3. The molecule has 104 valence electrons. The van der Waals surface area contributed by atoms with Gasteiger partial charge in [-0.1, -0.05) is 41.5 Å². The molecule has 3 heteroatoms. The first-order valence-corrected chi connectivity index (χ1v) is 6.77. The zero-order valence-electron chi connectivity index (χ0n) is 12.9. The van der Waals surface area contributed by atoms with Crippen LogP contribution < -0.4 is 16.0 Å². The minimum atomic E-state index is 0.306. The summed E-state index contributed by atoms with van der Waals surface area (Å²) in [5.74, 6) is 0. The molecule has 0 saturated carbocycles. The van der Waals surface area contributed by atoms with Gasteiger partial charge in [-0.25, -0.2) is 0 Å². The smallest absolute Gasteiger partial charge is 0.00170 e. The van der Waals surface area contributed by atoms with Gasteiger partial charge in [-0.3, -0.25) is 0 Å². The largest absolute Gasteiger partial charge is 0.319 e. The number of hydrogen-bond acceptors (Lipinski definition) is 3. The summed E-state index contributed by atoms with van der Waals surface area (Å²) < 4.78 is 0. The Morgan fingerprint density at radius 3 is 1.71 bits per heavy atom. The quantitative estimate of drug-likeness (QED) is 0.578. The molecule has 0 amide bonds. The van der Waals surface area contributed by atoms with Gasteiger partial charge < -0.3 is 16.0 Å². The molecule has 0 atom stereocenters. The van der Waals surface area contributed by atoms with Crippen molar-refractivity contribution in [3.05, 3.63) is 0 Å². The minimum absolute atomic E-state index is 0.306. The van der Waals surface area contributed by atoms with E-state index in [1.165, 1.54) is 0 Å². The molecular weight excluding hydrogens is 210 g/mol. The zero-order chi connectivity index (χ0) is 13.5. The van der Waals surface area contributed by atoms with Crippen LogP contribution in [0.2, 0.25) is 0 Å². The summed E-state index contributed by atoms with van der Waals surface area (Å²) in [4.78, 5) is 0. The van der Waals surface area contributed by atoms with E-state index in [1.807, 2.05) is 7.05 Å². The molecule has 17 heavy (non-hydrogen) atoms. The standard InChI is InChI=1S/C14H33N3/c1-12(2)17-11-14(5,6)10-16-9-13(3,4)8-15-7/h12,15-17H,8-11H2,1-7H3. The van der Waals surface area contributed by atoms with Gasteiger partial charge in [0.2, 0.25) is 0 Å². The lowest BCUT2D eigenvalue weighted by atomic mass is 9.90. The third-order valence-electron chi connectivity index (χ3n) is 2.85. The molecule has 0 rings (SSSR count). The molecule has 0 aliphatic heterocycles. The first-order valence-electron chi connectivity index (χ1n) is 6.77. The van der Waals surface area contributed by atoms with Crippen molar-refractivity contribution in [3.8, 4) is 0 Å². The predicted molar refractivity (Wildman–Crippen MR) is 77.5 cm³/mol. The Morgan fingerprint density at radius 2 is 1.29 bits per heavy atom. The summed E-state index contributed by atoms with van der Waals surface area (Å²) in [6.07, 6.45) is 0. The first-order chi connectivity index (χ1) is 7.68. The maximum absolute atomic E-state index is 3.59. The van der Waals surface area contributed by atoms with E-state index < -0.39 is 0 Å².